The van der Waals surface area contributed by atoms with Crippen LogP contribution in [0.15, 0.2) is 24.4 Å². The number of benzene rings is 1. The average molecular weight is 308 g/mol. The Morgan fingerprint density at radius 1 is 1.33 bits per heavy atom. The average Bonchev–Trinajstić information content (AvgIpc) is 2.79. The molecular formula is C16H22ClN3O. The maximum Gasteiger partial charge on any atom is 0.121 e. The minimum atomic E-state index is 0.0104. The fourth-order valence-electron chi connectivity index (χ4n) is 2.26. The fourth-order valence-corrected chi connectivity index (χ4v) is 2.44. The Hall–Kier alpha value is -1.68. The zero-order valence-corrected chi connectivity index (χ0v) is 14.0. The number of halogens is 1. The number of rotatable bonds is 4. The van der Waals surface area contributed by atoms with Crippen LogP contribution >= 0.6 is 11.6 Å². The molecule has 0 saturated heterocycles. The molecule has 21 heavy (non-hydrogen) atoms. The van der Waals surface area contributed by atoms with Gasteiger partial charge in [0.15, 0.2) is 0 Å². The van der Waals surface area contributed by atoms with E-state index in [1.54, 1.807) is 7.11 Å². The molecule has 5 heteroatoms. The van der Waals surface area contributed by atoms with E-state index >= 15 is 0 Å². The van der Waals surface area contributed by atoms with Gasteiger partial charge in [-0.15, -0.1) is 0 Å². The second-order valence-electron chi connectivity index (χ2n) is 6.13. The Morgan fingerprint density at radius 2 is 2.05 bits per heavy atom. The van der Waals surface area contributed by atoms with Gasteiger partial charge >= 0.3 is 0 Å². The Morgan fingerprint density at radius 3 is 2.67 bits per heavy atom. The third-order valence-corrected chi connectivity index (χ3v) is 3.59. The summed E-state index contributed by atoms with van der Waals surface area (Å²) in [4.78, 5) is 0. The molecule has 0 aliphatic carbocycles. The summed E-state index contributed by atoms with van der Waals surface area (Å²) in [6.07, 6.45) is 2.04. The largest absolute Gasteiger partial charge is 0.497 e. The lowest BCUT2D eigenvalue weighted by Crippen LogP contribution is -2.16. The van der Waals surface area contributed by atoms with Crippen LogP contribution in [0.2, 0.25) is 5.02 Å². The summed E-state index contributed by atoms with van der Waals surface area (Å²) in [5, 5.41) is 8.61. The molecule has 0 unspecified atom stereocenters. The molecule has 1 aromatic heterocycles. The number of hydrogen-bond donors (Lipinski definition) is 1. The first-order chi connectivity index (χ1) is 9.81. The Labute approximate surface area is 131 Å². The molecule has 0 aliphatic heterocycles. The van der Waals surface area contributed by atoms with Crippen LogP contribution in [0.25, 0.3) is 0 Å². The van der Waals surface area contributed by atoms with Gasteiger partial charge in [-0.05, 0) is 12.1 Å². The van der Waals surface area contributed by atoms with E-state index in [2.05, 4.69) is 31.2 Å². The predicted octanol–water partition coefficient (Wildman–Crippen LogP) is 3.99. The summed E-state index contributed by atoms with van der Waals surface area (Å²) in [6.45, 7) is 7.17. The molecule has 114 valence electrons. The monoisotopic (exact) mass is 307 g/mol. The van der Waals surface area contributed by atoms with Gasteiger partial charge in [0.25, 0.3) is 0 Å². The topological polar surface area (TPSA) is 39.1 Å². The highest BCUT2D eigenvalue weighted by atomic mass is 35.5. The maximum atomic E-state index is 6.22. The van der Waals surface area contributed by atoms with Gasteiger partial charge in [-0.25, -0.2) is 0 Å². The number of anilines is 1. The SMILES string of the molecule is COc1ccc(Cl)c(NCc2cn(C)nc2C(C)(C)C)c1. The summed E-state index contributed by atoms with van der Waals surface area (Å²) >= 11 is 6.22. The van der Waals surface area contributed by atoms with Crippen LogP contribution in [0.1, 0.15) is 32.0 Å². The molecule has 0 bridgehead atoms. The van der Waals surface area contributed by atoms with E-state index in [0.717, 1.165) is 17.1 Å². The molecule has 2 rings (SSSR count). The number of methoxy groups -OCH3 is 1. The molecule has 0 fully saturated rings. The summed E-state index contributed by atoms with van der Waals surface area (Å²) in [5.41, 5.74) is 3.14. The van der Waals surface area contributed by atoms with Crippen molar-refractivity contribution in [3.8, 4) is 5.75 Å². The highest BCUT2D eigenvalue weighted by Crippen LogP contribution is 2.29. The quantitative estimate of drug-likeness (QED) is 0.928. The Kier molecular flexibility index (Phi) is 4.47. The minimum absolute atomic E-state index is 0.0104. The van der Waals surface area contributed by atoms with Crippen molar-refractivity contribution in [3.63, 3.8) is 0 Å². The van der Waals surface area contributed by atoms with Gasteiger partial charge in [0.05, 0.1) is 23.5 Å². The first-order valence-corrected chi connectivity index (χ1v) is 7.29. The van der Waals surface area contributed by atoms with Crippen LogP contribution in [-0.4, -0.2) is 16.9 Å². The third kappa shape index (κ3) is 3.70. The predicted molar refractivity (Wildman–Crippen MR) is 87.2 cm³/mol. The van der Waals surface area contributed by atoms with Gasteiger partial charge in [0.2, 0.25) is 0 Å². The van der Waals surface area contributed by atoms with Crippen LogP contribution < -0.4 is 10.1 Å². The smallest absolute Gasteiger partial charge is 0.121 e. The van der Waals surface area contributed by atoms with Crippen molar-refractivity contribution in [1.29, 1.82) is 0 Å². The molecular weight excluding hydrogens is 286 g/mol. The standard InChI is InChI=1S/C16H22ClN3O/c1-16(2,3)15-11(10-20(4)19-15)9-18-14-8-12(21-5)6-7-13(14)17/h6-8,10,18H,9H2,1-5H3. The highest BCUT2D eigenvalue weighted by molar-refractivity contribution is 6.33. The summed E-state index contributed by atoms with van der Waals surface area (Å²) in [7, 11) is 3.59. The zero-order valence-electron chi connectivity index (χ0n) is 13.2. The van der Waals surface area contributed by atoms with Crippen LogP contribution in [0.3, 0.4) is 0 Å². The number of hydrogen-bond acceptors (Lipinski definition) is 3. The molecule has 4 nitrogen and oxygen atoms in total. The highest BCUT2D eigenvalue weighted by Gasteiger charge is 2.21. The number of nitrogens with zero attached hydrogens (tertiary/aromatic N) is 2. The van der Waals surface area contributed by atoms with Gasteiger partial charge in [-0.1, -0.05) is 32.4 Å². The summed E-state index contributed by atoms with van der Waals surface area (Å²) < 4.78 is 7.08. The van der Waals surface area contributed by atoms with Gasteiger partial charge in [0.1, 0.15) is 5.75 Å². The molecule has 0 saturated carbocycles. The van der Waals surface area contributed by atoms with E-state index in [1.807, 2.05) is 36.1 Å². The van der Waals surface area contributed by atoms with Crippen LogP contribution in [0, 0.1) is 0 Å². The van der Waals surface area contributed by atoms with Crippen molar-refractivity contribution < 1.29 is 4.74 Å². The molecule has 0 amide bonds. The van der Waals surface area contributed by atoms with Crippen LogP contribution in [0.4, 0.5) is 5.69 Å². The van der Waals surface area contributed by atoms with Crippen molar-refractivity contribution in [2.24, 2.45) is 7.05 Å². The zero-order chi connectivity index (χ0) is 15.6. The van der Waals surface area contributed by atoms with Gasteiger partial charge in [-0.3, -0.25) is 4.68 Å². The normalized spacial score (nSPS) is 11.5. The molecule has 0 atom stereocenters. The lowest BCUT2D eigenvalue weighted by atomic mass is 9.89. The molecule has 1 N–H and O–H groups in total. The summed E-state index contributed by atoms with van der Waals surface area (Å²) in [6, 6.07) is 5.57. The van der Waals surface area contributed by atoms with E-state index in [1.165, 1.54) is 5.56 Å². The molecule has 2 aromatic rings. The lowest BCUT2D eigenvalue weighted by Gasteiger charge is -2.18. The minimum Gasteiger partial charge on any atom is -0.497 e. The van der Waals surface area contributed by atoms with Gasteiger partial charge in [-0.2, -0.15) is 5.10 Å². The second-order valence-corrected chi connectivity index (χ2v) is 6.53. The Bertz CT molecular complexity index is 629. The fraction of sp³-hybridized carbons (Fsp3) is 0.438. The van der Waals surface area contributed by atoms with E-state index in [4.69, 9.17) is 16.3 Å². The molecule has 1 aromatic carbocycles. The van der Waals surface area contributed by atoms with Crippen molar-refractivity contribution in [2.45, 2.75) is 32.7 Å². The number of aryl methyl sites for hydroxylation is 1. The second kappa shape index (κ2) is 5.98. The van der Waals surface area contributed by atoms with Crippen molar-refractivity contribution in [2.75, 3.05) is 12.4 Å². The summed E-state index contributed by atoms with van der Waals surface area (Å²) in [5.74, 6) is 0.782. The van der Waals surface area contributed by atoms with Gasteiger partial charge in [0, 0.05) is 36.8 Å². The number of aromatic nitrogens is 2. The van der Waals surface area contributed by atoms with Crippen molar-refractivity contribution >= 4 is 17.3 Å². The van der Waals surface area contributed by atoms with Crippen LogP contribution in [-0.2, 0) is 19.0 Å². The van der Waals surface area contributed by atoms with Gasteiger partial charge < -0.3 is 10.1 Å². The molecule has 0 aliphatic rings. The molecule has 1 heterocycles. The van der Waals surface area contributed by atoms with Crippen molar-refractivity contribution in [1.82, 2.24) is 9.78 Å². The van der Waals surface area contributed by atoms with Crippen LogP contribution in [0.5, 0.6) is 5.75 Å². The first kappa shape index (κ1) is 15.7. The van der Waals surface area contributed by atoms with E-state index in [-0.39, 0.29) is 5.41 Å². The van der Waals surface area contributed by atoms with E-state index in [0.29, 0.717) is 11.6 Å². The lowest BCUT2D eigenvalue weighted by molar-refractivity contribution is 0.415. The van der Waals surface area contributed by atoms with E-state index < -0.39 is 0 Å². The molecule has 0 spiro atoms. The maximum absolute atomic E-state index is 6.22. The third-order valence-electron chi connectivity index (χ3n) is 3.26. The first-order valence-electron chi connectivity index (χ1n) is 6.91. The Balaban J connectivity index is 2.21. The number of nitrogens with one attached hydrogen (secondary N) is 1. The number of ether oxygens (including phenoxy) is 1. The van der Waals surface area contributed by atoms with Crippen molar-refractivity contribution in [3.05, 3.63) is 40.7 Å². The van der Waals surface area contributed by atoms with E-state index in [9.17, 15) is 0 Å². The molecule has 0 radical (unpaired) electrons.